The lowest BCUT2D eigenvalue weighted by Crippen LogP contribution is -2.48. The van der Waals surface area contributed by atoms with E-state index < -0.39 is 0 Å². The summed E-state index contributed by atoms with van der Waals surface area (Å²) in [4.78, 5) is 17.0. The van der Waals surface area contributed by atoms with Gasteiger partial charge in [-0.25, -0.2) is 4.39 Å². The Morgan fingerprint density at radius 3 is 2.52 bits per heavy atom. The second kappa shape index (κ2) is 10.2. The van der Waals surface area contributed by atoms with E-state index in [9.17, 15) is 9.18 Å². The fraction of sp³-hybridized carbons (Fsp3) is 0.333. The van der Waals surface area contributed by atoms with Crippen molar-refractivity contribution in [3.63, 3.8) is 0 Å². The molecule has 4 rings (SSSR count). The summed E-state index contributed by atoms with van der Waals surface area (Å²) < 4.78 is 30.6. The van der Waals surface area contributed by atoms with Gasteiger partial charge in [0.1, 0.15) is 18.2 Å². The van der Waals surface area contributed by atoms with Gasteiger partial charge in [0.05, 0.1) is 12.7 Å². The number of carbonyl (C=O) groups is 1. The van der Waals surface area contributed by atoms with Crippen LogP contribution in [0.1, 0.15) is 27.4 Å². The standard InChI is InChI=1S/C24H25ClFN3O4/c1-16-18(15-32-22-9-4-3-8-21(22)31-2)23(27-33-16)24(30)29-12-10-28(11-13-29)14-17-19(25)6-5-7-20(17)26/h3-9H,10-15H2,1-2H3. The Morgan fingerprint density at radius 1 is 1.09 bits per heavy atom. The molecule has 0 spiro atoms. The minimum Gasteiger partial charge on any atom is -0.493 e. The summed E-state index contributed by atoms with van der Waals surface area (Å²) in [6, 6.07) is 12.0. The zero-order valence-corrected chi connectivity index (χ0v) is 19.3. The maximum atomic E-state index is 14.1. The van der Waals surface area contributed by atoms with Crippen LogP contribution >= 0.6 is 11.6 Å². The van der Waals surface area contributed by atoms with Gasteiger partial charge in [0.2, 0.25) is 0 Å². The number of benzene rings is 2. The van der Waals surface area contributed by atoms with Gasteiger partial charge in [0.15, 0.2) is 17.2 Å². The van der Waals surface area contributed by atoms with Crippen molar-refractivity contribution >= 4 is 17.5 Å². The predicted molar refractivity (Wildman–Crippen MR) is 121 cm³/mol. The van der Waals surface area contributed by atoms with E-state index in [-0.39, 0.29) is 24.0 Å². The van der Waals surface area contributed by atoms with Crippen LogP contribution in [0.4, 0.5) is 4.39 Å². The first kappa shape index (κ1) is 23.1. The number of hydrogen-bond donors (Lipinski definition) is 0. The topological polar surface area (TPSA) is 68.0 Å². The molecule has 1 aromatic heterocycles. The first-order chi connectivity index (χ1) is 16.0. The summed E-state index contributed by atoms with van der Waals surface area (Å²) in [6.07, 6.45) is 0. The Morgan fingerprint density at radius 2 is 1.82 bits per heavy atom. The van der Waals surface area contributed by atoms with Gasteiger partial charge in [-0.3, -0.25) is 9.69 Å². The summed E-state index contributed by atoms with van der Waals surface area (Å²) in [7, 11) is 1.57. The number of nitrogens with zero attached hydrogens (tertiary/aromatic N) is 3. The van der Waals surface area contributed by atoms with E-state index in [1.54, 1.807) is 43.2 Å². The van der Waals surface area contributed by atoms with Crippen LogP contribution in [-0.2, 0) is 13.2 Å². The fourth-order valence-electron chi connectivity index (χ4n) is 3.78. The second-order valence-corrected chi connectivity index (χ2v) is 8.18. The molecule has 174 valence electrons. The number of carbonyl (C=O) groups excluding carboxylic acids is 1. The van der Waals surface area contributed by atoms with Crippen LogP contribution in [0.25, 0.3) is 0 Å². The van der Waals surface area contributed by atoms with Gasteiger partial charge in [-0.2, -0.15) is 0 Å². The van der Waals surface area contributed by atoms with Crippen LogP contribution in [0.15, 0.2) is 47.0 Å². The lowest BCUT2D eigenvalue weighted by molar-refractivity contribution is 0.0614. The molecule has 0 bridgehead atoms. The molecule has 0 atom stereocenters. The van der Waals surface area contributed by atoms with E-state index in [1.165, 1.54) is 6.07 Å². The number of aromatic nitrogens is 1. The smallest absolute Gasteiger partial charge is 0.276 e. The second-order valence-electron chi connectivity index (χ2n) is 7.77. The van der Waals surface area contributed by atoms with E-state index in [0.717, 1.165) is 0 Å². The first-order valence-electron chi connectivity index (χ1n) is 10.6. The van der Waals surface area contributed by atoms with Crippen molar-refractivity contribution in [3.8, 4) is 11.5 Å². The molecule has 1 aliphatic rings. The Kier molecular flexibility index (Phi) is 7.15. The highest BCUT2D eigenvalue weighted by Gasteiger charge is 2.28. The van der Waals surface area contributed by atoms with Crippen molar-refractivity contribution in [3.05, 3.63) is 75.9 Å². The molecule has 0 unspecified atom stereocenters. The average molecular weight is 474 g/mol. The summed E-state index contributed by atoms with van der Waals surface area (Å²) in [6.45, 7) is 4.45. The fourth-order valence-corrected chi connectivity index (χ4v) is 4.01. The molecule has 2 aromatic carbocycles. The summed E-state index contributed by atoms with van der Waals surface area (Å²) in [5.41, 5.74) is 1.32. The SMILES string of the molecule is COc1ccccc1OCc1c(C(=O)N2CCN(Cc3c(F)cccc3Cl)CC2)noc1C. The minimum absolute atomic E-state index is 0.128. The molecule has 7 nitrogen and oxygen atoms in total. The molecule has 3 aromatic rings. The molecule has 0 aliphatic carbocycles. The molecule has 33 heavy (non-hydrogen) atoms. The molecule has 1 saturated heterocycles. The summed E-state index contributed by atoms with van der Waals surface area (Å²) in [5.74, 6) is 1.17. The van der Waals surface area contributed by atoms with Crippen LogP contribution in [0.2, 0.25) is 5.02 Å². The maximum Gasteiger partial charge on any atom is 0.276 e. The van der Waals surface area contributed by atoms with Gasteiger partial charge in [-0.1, -0.05) is 35.0 Å². The largest absolute Gasteiger partial charge is 0.493 e. The number of aryl methyl sites for hydroxylation is 1. The van der Waals surface area contributed by atoms with Gasteiger partial charge < -0.3 is 18.9 Å². The van der Waals surface area contributed by atoms with Crippen LogP contribution in [0.5, 0.6) is 11.5 Å². The lowest BCUT2D eigenvalue weighted by Gasteiger charge is -2.34. The Bertz CT molecular complexity index is 1110. The molecule has 0 saturated carbocycles. The van der Waals surface area contributed by atoms with E-state index in [4.69, 9.17) is 25.6 Å². The molecular weight excluding hydrogens is 449 g/mol. The third-order valence-corrected chi connectivity index (χ3v) is 6.09. The molecule has 2 heterocycles. The van der Waals surface area contributed by atoms with Crippen molar-refractivity contribution < 1.29 is 23.2 Å². The third-order valence-electron chi connectivity index (χ3n) is 5.73. The highest BCUT2D eigenvalue weighted by Crippen LogP contribution is 2.28. The molecule has 9 heteroatoms. The molecular formula is C24H25ClFN3O4. The number of hydrogen-bond acceptors (Lipinski definition) is 6. The normalized spacial score (nSPS) is 14.4. The van der Waals surface area contributed by atoms with Gasteiger partial charge >= 0.3 is 0 Å². The van der Waals surface area contributed by atoms with E-state index in [2.05, 4.69) is 10.1 Å². The van der Waals surface area contributed by atoms with Gasteiger partial charge in [-0.15, -0.1) is 0 Å². The molecule has 0 N–H and O–H groups in total. The van der Waals surface area contributed by atoms with E-state index >= 15 is 0 Å². The number of para-hydroxylation sites is 2. The van der Waals surface area contributed by atoms with Crippen molar-refractivity contribution in [1.29, 1.82) is 0 Å². The molecule has 1 fully saturated rings. The maximum absolute atomic E-state index is 14.1. The van der Waals surface area contributed by atoms with Crippen LogP contribution in [-0.4, -0.2) is 54.2 Å². The van der Waals surface area contributed by atoms with Gasteiger partial charge in [0, 0.05) is 43.3 Å². The van der Waals surface area contributed by atoms with Crippen molar-refractivity contribution in [2.75, 3.05) is 33.3 Å². The number of ether oxygens (including phenoxy) is 2. The van der Waals surface area contributed by atoms with E-state index in [0.29, 0.717) is 66.1 Å². The van der Waals surface area contributed by atoms with Crippen LogP contribution in [0, 0.1) is 12.7 Å². The zero-order chi connectivity index (χ0) is 23.4. The number of amides is 1. The lowest BCUT2D eigenvalue weighted by atomic mass is 10.1. The Hall–Kier alpha value is -3.10. The van der Waals surface area contributed by atoms with Gasteiger partial charge in [-0.05, 0) is 31.2 Å². The van der Waals surface area contributed by atoms with Gasteiger partial charge in [0.25, 0.3) is 5.91 Å². The third kappa shape index (κ3) is 5.12. The monoisotopic (exact) mass is 473 g/mol. The average Bonchev–Trinajstić information content (AvgIpc) is 3.20. The highest BCUT2D eigenvalue weighted by atomic mass is 35.5. The number of rotatable bonds is 7. The number of halogens is 2. The quantitative estimate of drug-likeness (QED) is 0.509. The van der Waals surface area contributed by atoms with Crippen LogP contribution in [0.3, 0.4) is 0 Å². The minimum atomic E-state index is -0.321. The summed E-state index contributed by atoms with van der Waals surface area (Å²) in [5, 5.41) is 4.41. The Labute approximate surface area is 196 Å². The highest BCUT2D eigenvalue weighted by molar-refractivity contribution is 6.31. The predicted octanol–water partition coefficient (Wildman–Crippen LogP) is 4.32. The number of methoxy groups -OCH3 is 1. The summed E-state index contributed by atoms with van der Waals surface area (Å²) >= 11 is 6.15. The van der Waals surface area contributed by atoms with Crippen molar-refractivity contribution in [2.45, 2.75) is 20.1 Å². The zero-order valence-electron chi connectivity index (χ0n) is 18.5. The Balaban J connectivity index is 1.39. The van der Waals surface area contributed by atoms with Crippen molar-refractivity contribution in [1.82, 2.24) is 15.0 Å². The molecule has 1 amide bonds. The number of piperazine rings is 1. The first-order valence-corrected chi connectivity index (χ1v) is 11.0. The molecule has 1 aliphatic heterocycles. The van der Waals surface area contributed by atoms with Crippen molar-refractivity contribution in [2.24, 2.45) is 0 Å². The molecule has 0 radical (unpaired) electrons. The van der Waals surface area contributed by atoms with Crippen LogP contribution < -0.4 is 9.47 Å². The van der Waals surface area contributed by atoms with E-state index in [1.807, 2.05) is 12.1 Å².